The monoisotopic (exact) mass is 338 g/mol. The van der Waals surface area contributed by atoms with E-state index in [9.17, 15) is 4.79 Å². The molecule has 2 fully saturated rings. The second-order valence-corrected chi connectivity index (χ2v) is 6.90. The van der Waals surface area contributed by atoms with E-state index in [-0.39, 0.29) is 6.03 Å². The lowest BCUT2D eigenvalue weighted by Gasteiger charge is -2.33. The minimum atomic E-state index is -0.0868. The van der Waals surface area contributed by atoms with Gasteiger partial charge in [0.2, 0.25) is 0 Å². The zero-order valence-corrected chi connectivity index (χ0v) is 13.2. The van der Waals surface area contributed by atoms with Gasteiger partial charge in [0.15, 0.2) is 0 Å². The highest BCUT2D eigenvalue weighted by Gasteiger charge is 2.42. The number of anilines is 1. The van der Waals surface area contributed by atoms with Gasteiger partial charge in [-0.15, -0.1) is 0 Å². The molecular weight excluding hydrogens is 318 g/mol. The van der Waals surface area contributed by atoms with Gasteiger partial charge in [-0.3, -0.25) is 0 Å². The summed E-state index contributed by atoms with van der Waals surface area (Å²) in [4.78, 5) is 13.7. The van der Waals surface area contributed by atoms with Gasteiger partial charge in [-0.2, -0.15) is 0 Å². The molecule has 2 saturated heterocycles. The lowest BCUT2D eigenvalue weighted by Crippen LogP contribution is -3.15. The Morgan fingerprint density at radius 1 is 1.20 bits per heavy atom. The van der Waals surface area contributed by atoms with Crippen molar-refractivity contribution in [2.45, 2.75) is 43.8 Å². The number of fused-ring (bicyclic) bond motifs is 2. The molecule has 0 spiro atoms. The predicted molar refractivity (Wildman–Crippen MR) is 83.0 cm³/mol. The third-order valence-electron chi connectivity index (χ3n) is 4.73. The van der Waals surface area contributed by atoms with Crippen LogP contribution in [0.15, 0.2) is 28.7 Å². The van der Waals surface area contributed by atoms with Crippen molar-refractivity contribution in [3.8, 4) is 0 Å². The van der Waals surface area contributed by atoms with E-state index in [0.29, 0.717) is 6.04 Å². The van der Waals surface area contributed by atoms with E-state index in [1.54, 1.807) is 4.90 Å². The smallest absolute Gasteiger partial charge is 0.319 e. The molecule has 4 atom stereocenters. The van der Waals surface area contributed by atoms with Gasteiger partial charge in [0.25, 0.3) is 0 Å². The molecule has 1 aromatic carbocycles. The number of rotatable bonds is 2. The normalized spacial score (nSPS) is 31.9. The van der Waals surface area contributed by atoms with Crippen LogP contribution in [0.1, 0.15) is 25.7 Å². The molecule has 108 valence electrons. The van der Waals surface area contributed by atoms with E-state index in [1.807, 2.05) is 24.3 Å². The lowest BCUT2D eigenvalue weighted by atomic mass is 9.98. The first-order chi connectivity index (χ1) is 9.61. The molecule has 4 nitrogen and oxygen atoms in total. The van der Waals surface area contributed by atoms with Crippen LogP contribution in [0.4, 0.5) is 10.5 Å². The van der Waals surface area contributed by atoms with E-state index in [1.165, 1.54) is 12.8 Å². The molecule has 2 aliphatic rings. The fraction of sp³-hybridized carbons (Fsp3) is 0.533. The number of hydrogen-bond acceptors (Lipinski definition) is 1. The van der Waals surface area contributed by atoms with Crippen molar-refractivity contribution in [3.05, 3.63) is 28.7 Å². The Kier molecular flexibility index (Phi) is 3.98. The number of hydrogen-bond donors (Lipinski definition) is 3. The van der Waals surface area contributed by atoms with Crippen LogP contribution in [0.3, 0.4) is 0 Å². The van der Waals surface area contributed by atoms with Crippen LogP contribution in [0, 0.1) is 0 Å². The van der Waals surface area contributed by atoms with Crippen LogP contribution >= 0.6 is 15.9 Å². The number of quaternary nitrogens is 1. The van der Waals surface area contributed by atoms with Crippen molar-refractivity contribution in [1.82, 2.24) is 5.32 Å². The van der Waals surface area contributed by atoms with Gasteiger partial charge in [0, 0.05) is 41.9 Å². The summed E-state index contributed by atoms with van der Waals surface area (Å²) in [5.41, 5.74) is 0.826. The summed E-state index contributed by atoms with van der Waals surface area (Å²) < 4.78 is 1.01. The summed E-state index contributed by atoms with van der Waals surface area (Å²) in [6.07, 6.45) is 4.83. The molecule has 2 heterocycles. The summed E-state index contributed by atoms with van der Waals surface area (Å²) in [5.74, 6) is 0. The summed E-state index contributed by atoms with van der Waals surface area (Å²) in [7, 11) is 2.29. The van der Waals surface area contributed by atoms with Crippen molar-refractivity contribution in [3.63, 3.8) is 0 Å². The van der Waals surface area contributed by atoms with E-state index >= 15 is 0 Å². The van der Waals surface area contributed by atoms with Crippen LogP contribution in [0.25, 0.3) is 0 Å². The Balaban J connectivity index is 1.53. The second-order valence-electron chi connectivity index (χ2n) is 5.99. The third-order valence-corrected chi connectivity index (χ3v) is 5.26. The van der Waals surface area contributed by atoms with Gasteiger partial charge in [-0.1, -0.05) is 15.9 Å². The standard InChI is InChI=1S/C15H20BrN3O/c1-19-13-6-7-14(19)9-12(8-13)18-15(20)17-11-4-2-10(16)3-5-11/h2-5,12-14H,6-9H2,1H3,(H2,17,18,20)/p+1/t12?,13-,14+. The molecular formula is C15H21BrN3O+. The van der Waals surface area contributed by atoms with E-state index in [0.717, 1.165) is 35.1 Å². The molecule has 3 rings (SSSR count). The third kappa shape index (κ3) is 2.99. The van der Waals surface area contributed by atoms with E-state index in [4.69, 9.17) is 0 Å². The van der Waals surface area contributed by atoms with Crippen LogP contribution in [-0.2, 0) is 0 Å². The van der Waals surface area contributed by atoms with Gasteiger partial charge in [0.1, 0.15) is 0 Å². The molecule has 0 aromatic heterocycles. The maximum absolute atomic E-state index is 12.0. The molecule has 3 N–H and O–H groups in total. The highest BCUT2D eigenvalue weighted by molar-refractivity contribution is 9.10. The fourth-order valence-electron chi connectivity index (χ4n) is 3.59. The van der Waals surface area contributed by atoms with Crippen molar-refractivity contribution in [2.24, 2.45) is 0 Å². The Labute approximate surface area is 128 Å². The molecule has 5 heteroatoms. The Morgan fingerprint density at radius 3 is 2.40 bits per heavy atom. The highest BCUT2D eigenvalue weighted by Crippen LogP contribution is 2.22. The molecule has 20 heavy (non-hydrogen) atoms. The number of nitrogens with one attached hydrogen (secondary N) is 3. The summed E-state index contributed by atoms with van der Waals surface area (Å²) in [6.45, 7) is 0. The maximum Gasteiger partial charge on any atom is 0.319 e. The molecule has 2 unspecified atom stereocenters. The van der Waals surface area contributed by atoms with Crippen LogP contribution in [-0.4, -0.2) is 31.2 Å². The Morgan fingerprint density at radius 2 is 1.80 bits per heavy atom. The number of carbonyl (C=O) groups is 1. The Bertz CT molecular complexity index is 476. The summed E-state index contributed by atoms with van der Waals surface area (Å²) in [6, 6.07) is 9.34. The van der Waals surface area contributed by atoms with Gasteiger partial charge in [0.05, 0.1) is 19.1 Å². The molecule has 0 radical (unpaired) electrons. The number of amides is 2. The zero-order valence-electron chi connectivity index (χ0n) is 11.7. The second kappa shape index (κ2) is 5.74. The van der Waals surface area contributed by atoms with E-state index in [2.05, 4.69) is 33.6 Å². The van der Waals surface area contributed by atoms with Gasteiger partial charge >= 0.3 is 6.03 Å². The highest BCUT2D eigenvalue weighted by atomic mass is 79.9. The molecule has 2 amide bonds. The van der Waals surface area contributed by atoms with Gasteiger partial charge in [-0.25, -0.2) is 4.79 Å². The molecule has 2 bridgehead atoms. The van der Waals surface area contributed by atoms with Crippen LogP contribution < -0.4 is 15.5 Å². The number of urea groups is 1. The first-order valence-electron chi connectivity index (χ1n) is 7.28. The fourth-order valence-corrected chi connectivity index (χ4v) is 3.85. The Hall–Kier alpha value is -1.07. The molecule has 1 aromatic rings. The van der Waals surface area contributed by atoms with Gasteiger partial charge in [-0.05, 0) is 24.3 Å². The quantitative estimate of drug-likeness (QED) is 0.756. The van der Waals surface area contributed by atoms with Crippen molar-refractivity contribution < 1.29 is 9.69 Å². The minimum Gasteiger partial charge on any atom is -0.335 e. The number of halogens is 1. The zero-order chi connectivity index (χ0) is 14.1. The average molecular weight is 339 g/mol. The first-order valence-corrected chi connectivity index (χ1v) is 8.07. The number of piperidine rings is 1. The topological polar surface area (TPSA) is 45.6 Å². The first kappa shape index (κ1) is 13.9. The predicted octanol–water partition coefficient (Wildman–Crippen LogP) is 1.78. The summed E-state index contributed by atoms with van der Waals surface area (Å²) in [5, 5.41) is 6.03. The average Bonchev–Trinajstić information content (AvgIpc) is 2.64. The summed E-state index contributed by atoms with van der Waals surface area (Å²) >= 11 is 3.39. The largest absolute Gasteiger partial charge is 0.335 e. The SMILES string of the molecule is C[NH+]1[C@@H]2CC[C@H]1CC(NC(=O)Nc1ccc(Br)cc1)C2. The number of benzene rings is 1. The van der Waals surface area contributed by atoms with Crippen LogP contribution in [0.5, 0.6) is 0 Å². The minimum absolute atomic E-state index is 0.0868. The van der Waals surface area contributed by atoms with Crippen molar-refractivity contribution >= 4 is 27.6 Å². The van der Waals surface area contributed by atoms with Crippen molar-refractivity contribution in [2.75, 3.05) is 12.4 Å². The molecule has 0 aliphatic carbocycles. The van der Waals surface area contributed by atoms with E-state index < -0.39 is 0 Å². The van der Waals surface area contributed by atoms with Crippen LogP contribution in [0.2, 0.25) is 0 Å². The molecule has 2 aliphatic heterocycles. The van der Waals surface area contributed by atoms with Gasteiger partial charge < -0.3 is 15.5 Å². The maximum atomic E-state index is 12.0. The molecule has 0 saturated carbocycles. The number of carbonyl (C=O) groups excluding carboxylic acids is 1. The lowest BCUT2D eigenvalue weighted by molar-refractivity contribution is -0.922. The van der Waals surface area contributed by atoms with Crippen molar-refractivity contribution in [1.29, 1.82) is 0 Å².